The first-order valence-electron chi connectivity index (χ1n) is 12.9. The lowest BCUT2D eigenvalue weighted by Crippen LogP contribution is -2.32. The second kappa shape index (κ2) is 9.61. The third kappa shape index (κ3) is 4.41. The maximum Gasteiger partial charge on any atom is 0.200 e. The molecular formula is C30H27N7S. The van der Waals surface area contributed by atoms with Gasteiger partial charge in [-0.3, -0.25) is 14.1 Å². The van der Waals surface area contributed by atoms with Crippen LogP contribution in [0.3, 0.4) is 0 Å². The van der Waals surface area contributed by atoms with Crippen molar-refractivity contribution in [3.8, 4) is 11.1 Å². The van der Waals surface area contributed by atoms with Crippen molar-refractivity contribution in [2.45, 2.75) is 28.8 Å². The molecule has 7 nitrogen and oxygen atoms in total. The van der Waals surface area contributed by atoms with Crippen LogP contribution in [0.4, 0.5) is 5.69 Å². The van der Waals surface area contributed by atoms with Crippen molar-refractivity contribution in [2.75, 3.05) is 18.0 Å². The summed E-state index contributed by atoms with van der Waals surface area (Å²) < 4.78 is 3.85. The van der Waals surface area contributed by atoms with E-state index >= 15 is 0 Å². The van der Waals surface area contributed by atoms with Gasteiger partial charge in [0, 0.05) is 53.9 Å². The van der Waals surface area contributed by atoms with Crippen LogP contribution in [0, 0.1) is 0 Å². The van der Waals surface area contributed by atoms with Crippen molar-refractivity contribution >= 4 is 34.0 Å². The maximum atomic E-state index is 4.78. The number of anilines is 1. The van der Waals surface area contributed by atoms with Crippen LogP contribution in [0.25, 0.3) is 27.7 Å². The number of piperidine rings is 1. The van der Waals surface area contributed by atoms with E-state index in [-0.39, 0.29) is 0 Å². The second-order valence-corrected chi connectivity index (χ2v) is 10.9. The lowest BCUT2D eigenvalue weighted by Gasteiger charge is -2.33. The van der Waals surface area contributed by atoms with E-state index in [1.54, 1.807) is 11.8 Å². The first kappa shape index (κ1) is 23.0. The Kier molecular flexibility index (Phi) is 5.81. The lowest BCUT2D eigenvalue weighted by atomic mass is 9.89. The average molecular weight is 518 g/mol. The van der Waals surface area contributed by atoms with Gasteiger partial charge in [-0.1, -0.05) is 30.3 Å². The fourth-order valence-electron chi connectivity index (χ4n) is 5.32. The smallest absolute Gasteiger partial charge is 0.200 e. The molecule has 6 aromatic rings. The Labute approximate surface area is 225 Å². The Morgan fingerprint density at radius 3 is 2.53 bits per heavy atom. The summed E-state index contributed by atoms with van der Waals surface area (Å²) in [4.78, 5) is 8.36. The van der Waals surface area contributed by atoms with E-state index in [9.17, 15) is 0 Å². The van der Waals surface area contributed by atoms with Gasteiger partial charge in [-0.15, -0.1) is 10.2 Å². The van der Waals surface area contributed by atoms with Crippen LogP contribution >= 0.6 is 11.8 Å². The number of aryl methyl sites for hydroxylation is 1. The van der Waals surface area contributed by atoms with E-state index in [4.69, 9.17) is 4.98 Å². The summed E-state index contributed by atoms with van der Waals surface area (Å²) in [7, 11) is 1.93. The lowest BCUT2D eigenvalue weighted by molar-refractivity contribution is 0.505. The van der Waals surface area contributed by atoms with Gasteiger partial charge in [0.05, 0.1) is 23.6 Å². The number of fused-ring (bicyclic) bond motifs is 2. The number of hydrogen-bond donors (Lipinski definition) is 0. The summed E-state index contributed by atoms with van der Waals surface area (Å²) in [5.41, 5.74) is 6.62. The Morgan fingerprint density at radius 2 is 1.71 bits per heavy atom. The van der Waals surface area contributed by atoms with Crippen LogP contribution in [-0.2, 0) is 7.05 Å². The van der Waals surface area contributed by atoms with E-state index in [0.717, 1.165) is 50.8 Å². The zero-order valence-electron chi connectivity index (χ0n) is 21.1. The molecule has 0 spiro atoms. The van der Waals surface area contributed by atoms with Crippen molar-refractivity contribution in [3.05, 3.63) is 97.1 Å². The van der Waals surface area contributed by atoms with E-state index in [2.05, 4.69) is 87.1 Å². The average Bonchev–Trinajstić information content (AvgIpc) is 3.59. The van der Waals surface area contributed by atoms with Gasteiger partial charge in [-0.25, -0.2) is 0 Å². The van der Waals surface area contributed by atoms with Crippen molar-refractivity contribution in [3.63, 3.8) is 0 Å². The summed E-state index contributed by atoms with van der Waals surface area (Å²) in [5, 5.41) is 15.1. The quantitative estimate of drug-likeness (QED) is 0.271. The summed E-state index contributed by atoms with van der Waals surface area (Å²) >= 11 is 1.61. The summed E-state index contributed by atoms with van der Waals surface area (Å²) in [6.45, 7) is 2.10. The van der Waals surface area contributed by atoms with Crippen molar-refractivity contribution < 1.29 is 0 Å². The highest BCUT2D eigenvalue weighted by Crippen LogP contribution is 2.33. The molecule has 1 fully saturated rings. The summed E-state index contributed by atoms with van der Waals surface area (Å²) in [5.74, 6) is 0.639. The standard InChI is InChI=1S/C30H27N7S/c1-35-19-25(17-32-35)23-7-10-29-33-34-30(37(29)20-23)38-27-8-9-28-24(16-27)15-26(18-31-28)36-13-11-22(12-14-36)21-5-3-2-4-6-21/h2-10,15-20,22H,11-14H2,1H3. The first-order chi connectivity index (χ1) is 18.7. The highest BCUT2D eigenvalue weighted by atomic mass is 32.2. The minimum atomic E-state index is 0.639. The van der Waals surface area contributed by atoms with Gasteiger partial charge in [-0.2, -0.15) is 5.10 Å². The molecule has 5 heterocycles. The number of rotatable bonds is 5. The molecule has 1 aliphatic rings. The van der Waals surface area contributed by atoms with Crippen molar-refractivity contribution in [2.24, 2.45) is 7.05 Å². The van der Waals surface area contributed by atoms with E-state index in [1.807, 2.05) is 40.8 Å². The Balaban J connectivity index is 1.12. The van der Waals surface area contributed by atoms with Gasteiger partial charge in [-0.05, 0) is 72.5 Å². The third-order valence-electron chi connectivity index (χ3n) is 7.39. The molecule has 0 amide bonds. The van der Waals surface area contributed by atoms with Crippen molar-refractivity contribution in [1.82, 2.24) is 29.4 Å². The summed E-state index contributed by atoms with van der Waals surface area (Å²) in [6.07, 6.45) is 10.3. The van der Waals surface area contributed by atoms with E-state index in [1.165, 1.54) is 24.1 Å². The Bertz CT molecular complexity index is 1730. The van der Waals surface area contributed by atoms with Gasteiger partial charge < -0.3 is 4.90 Å². The molecule has 0 aliphatic carbocycles. The Morgan fingerprint density at radius 1 is 0.842 bits per heavy atom. The number of aromatic nitrogens is 6. The van der Waals surface area contributed by atoms with Crippen LogP contribution < -0.4 is 4.90 Å². The topological polar surface area (TPSA) is 64.1 Å². The van der Waals surface area contributed by atoms with Gasteiger partial charge in [0.1, 0.15) is 0 Å². The van der Waals surface area contributed by atoms with Gasteiger partial charge in [0.15, 0.2) is 10.8 Å². The first-order valence-corrected chi connectivity index (χ1v) is 13.7. The predicted molar refractivity (Wildman–Crippen MR) is 152 cm³/mol. The van der Waals surface area contributed by atoms with Crippen LogP contribution in [0.5, 0.6) is 0 Å². The van der Waals surface area contributed by atoms with Gasteiger partial charge >= 0.3 is 0 Å². The molecule has 2 aromatic carbocycles. The zero-order chi connectivity index (χ0) is 25.5. The third-order valence-corrected chi connectivity index (χ3v) is 8.34. The van der Waals surface area contributed by atoms with Gasteiger partial charge in [0.25, 0.3) is 0 Å². The largest absolute Gasteiger partial charge is 0.370 e. The number of benzene rings is 2. The molecule has 0 bridgehead atoms. The molecule has 0 saturated carbocycles. The number of pyridine rings is 2. The minimum Gasteiger partial charge on any atom is -0.370 e. The zero-order valence-corrected chi connectivity index (χ0v) is 21.9. The van der Waals surface area contributed by atoms with Crippen molar-refractivity contribution in [1.29, 1.82) is 0 Å². The predicted octanol–water partition coefficient (Wildman–Crippen LogP) is 6.21. The molecule has 8 heteroatoms. The molecule has 1 aliphatic heterocycles. The molecule has 1 saturated heterocycles. The highest BCUT2D eigenvalue weighted by molar-refractivity contribution is 7.99. The highest BCUT2D eigenvalue weighted by Gasteiger charge is 2.21. The molecule has 38 heavy (non-hydrogen) atoms. The second-order valence-electron chi connectivity index (χ2n) is 9.85. The van der Waals surface area contributed by atoms with E-state index < -0.39 is 0 Å². The molecule has 188 valence electrons. The fourth-order valence-corrected chi connectivity index (χ4v) is 6.18. The normalized spacial score (nSPS) is 14.5. The van der Waals surface area contributed by atoms with E-state index in [0.29, 0.717) is 5.92 Å². The number of nitrogens with zero attached hydrogens (tertiary/aromatic N) is 7. The number of hydrogen-bond acceptors (Lipinski definition) is 6. The maximum absolute atomic E-state index is 4.78. The molecule has 0 radical (unpaired) electrons. The molecule has 0 unspecified atom stereocenters. The summed E-state index contributed by atoms with van der Waals surface area (Å²) in [6, 6.07) is 23.6. The molecule has 4 aromatic heterocycles. The molecule has 0 N–H and O–H groups in total. The van der Waals surface area contributed by atoms with Crippen LogP contribution in [0.15, 0.2) is 102 Å². The van der Waals surface area contributed by atoms with Gasteiger partial charge in [0.2, 0.25) is 0 Å². The van der Waals surface area contributed by atoms with Crippen LogP contribution in [0.2, 0.25) is 0 Å². The van der Waals surface area contributed by atoms with Crippen LogP contribution in [0.1, 0.15) is 24.3 Å². The Hall–Kier alpha value is -4.17. The SMILES string of the molecule is Cn1cc(-c2ccc3nnc(Sc4ccc5ncc(N6CCC(c7ccccc7)CC6)cc5c4)n3c2)cn1. The monoisotopic (exact) mass is 517 g/mol. The van der Waals surface area contributed by atoms with Crippen LogP contribution in [-0.4, -0.2) is 42.5 Å². The molecule has 0 atom stereocenters. The molecule has 7 rings (SSSR count). The molecular weight excluding hydrogens is 490 g/mol. The minimum absolute atomic E-state index is 0.639. The fraction of sp³-hybridized carbons (Fsp3) is 0.200.